The van der Waals surface area contributed by atoms with Crippen LogP contribution in [0.1, 0.15) is 23.6 Å². The third kappa shape index (κ3) is 5.50. The highest BCUT2D eigenvalue weighted by Gasteiger charge is 2.20. The first-order valence-corrected chi connectivity index (χ1v) is 10.7. The van der Waals surface area contributed by atoms with Crippen LogP contribution in [0.5, 0.6) is 0 Å². The van der Waals surface area contributed by atoms with Crippen LogP contribution in [-0.4, -0.2) is 50.8 Å². The van der Waals surface area contributed by atoms with Gasteiger partial charge in [0.05, 0.1) is 23.6 Å². The third-order valence-corrected chi connectivity index (χ3v) is 5.54. The quantitative estimate of drug-likeness (QED) is 0.497. The van der Waals surface area contributed by atoms with Crippen molar-refractivity contribution in [3.8, 4) is 5.69 Å². The van der Waals surface area contributed by atoms with Crippen molar-refractivity contribution in [1.82, 2.24) is 24.6 Å². The van der Waals surface area contributed by atoms with Crippen molar-refractivity contribution in [1.29, 1.82) is 0 Å². The summed E-state index contributed by atoms with van der Waals surface area (Å²) in [5, 5.41) is 7.63. The van der Waals surface area contributed by atoms with Crippen molar-refractivity contribution in [3.05, 3.63) is 78.1 Å². The first kappa shape index (κ1) is 22.3. The molecule has 0 spiro atoms. The molecule has 1 aliphatic heterocycles. The molecular weight excluding hydrogens is 421 g/mol. The Kier molecular flexibility index (Phi) is 6.60. The van der Waals surface area contributed by atoms with Crippen LogP contribution in [0.3, 0.4) is 0 Å². The van der Waals surface area contributed by atoms with Gasteiger partial charge in [0.25, 0.3) is 0 Å². The second kappa shape index (κ2) is 9.74. The summed E-state index contributed by atoms with van der Waals surface area (Å²) in [4.78, 5) is 21.4. The van der Waals surface area contributed by atoms with Gasteiger partial charge in [-0.1, -0.05) is 12.1 Å². The summed E-state index contributed by atoms with van der Waals surface area (Å²) in [5.41, 5.74) is 8.86. The summed E-state index contributed by atoms with van der Waals surface area (Å²) in [7, 11) is 2.11. The van der Waals surface area contributed by atoms with Crippen LogP contribution in [0.2, 0.25) is 0 Å². The first-order valence-electron chi connectivity index (χ1n) is 10.7. The van der Waals surface area contributed by atoms with Crippen LogP contribution in [-0.2, 0) is 0 Å². The number of pyridine rings is 2. The van der Waals surface area contributed by atoms with Gasteiger partial charge in [-0.15, -0.1) is 0 Å². The molecule has 3 aromatic heterocycles. The number of nitrogens with one attached hydrogen (secondary N) is 1. The highest BCUT2D eigenvalue weighted by atomic mass is 19.1. The summed E-state index contributed by atoms with van der Waals surface area (Å²) < 4.78 is 14.7. The van der Waals surface area contributed by atoms with E-state index in [0.717, 1.165) is 47.4 Å². The van der Waals surface area contributed by atoms with Crippen LogP contribution in [0.4, 0.5) is 15.0 Å². The molecule has 1 aromatic carbocycles. The molecule has 5 rings (SSSR count). The van der Waals surface area contributed by atoms with E-state index in [4.69, 9.17) is 5.73 Å². The fourth-order valence-electron chi connectivity index (χ4n) is 3.96. The van der Waals surface area contributed by atoms with E-state index in [1.807, 2.05) is 25.1 Å². The van der Waals surface area contributed by atoms with Gasteiger partial charge in [0.2, 0.25) is 0 Å². The summed E-state index contributed by atoms with van der Waals surface area (Å²) in [6.45, 7) is 4.10. The lowest BCUT2D eigenvalue weighted by atomic mass is 9.98. The van der Waals surface area contributed by atoms with Crippen LogP contribution >= 0.6 is 0 Å². The largest absolute Gasteiger partial charge is 0.351 e. The Bertz CT molecular complexity index is 1270. The number of aromatic nitrogens is 4. The van der Waals surface area contributed by atoms with Gasteiger partial charge in [0.1, 0.15) is 11.6 Å². The number of urea groups is 1. The number of likely N-dealkylation sites (tertiary alicyclic amines) is 1. The number of benzene rings is 1. The fourth-order valence-corrected chi connectivity index (χ4v) is 3.96. The second-order valence-corrected chi connectivity index (χ2v) is 8.13. The van der Waals surface area contributed by atoms with Crippen LogP contribution in [0.25, 0.3) is 16.6 Å². The van der Waals surface area contributed by atoms with Crippen molar-refractivity contribution in [2.75, 3.05) is 25.5 Å². The highest BCUT2D eigenvalue weighted by Crippen LogP contribution is 2.26. The summed E-state index contributed by atoms with van der Waals surface area (Å²) in [6.07, 6.45) is 6.23. The van der Waals surface area contributed by atoms with Gasteiger partial charge in [-0.2, -0.15) is 5.10 Å². The SMILES string of the molecule is CN1CCC(c2cccc(F)c2)C1.Cc1cc(-n2ncc3cc(NC(N)=O)ncc32)ccn1. The minimum Gasteiger partial charge on any atom is -0.351 e. The van der Waals surface area contributed by atoms with Crippen molar-refractivity contribution in [3.63, 3.8) is 0 Å². The van der Waals surface area contributed by atoms with Crippen LogP contribution in [0.15, 0.2) is 61.1 Å². The number of nitrogens with two attached hydrogens (primary N) is 1. The van der Waals surface area contributed by atoms with E-state index in [1.165, 1.54) is 6.07 Å². The lowest BCUT2D eigenvalue weighted by molar-refractivity contribution is 0.259. The minimum atomic E-state index is -0.644. The molecule has 1 aliphatic rings. The average molecular weight is 448 g/mol. The Balaban J connectivity index is 0.000000172. The standard InChI is InChI=1S/C13H12N6O.C11H14FN/c1-8-4-10(2-3-15-8)19-11-7-16-12(18-13(14)20)5-9(11)6-17-19;1-13-6-5-10(8-13)9-3-2-4-11(12)7-9/h2-7H,1H3,(H3,14,16,18,20);2-4,7,10H,5-6,8H2,1H3. The van der Waals surface area contributed by atoms with E-state index in [9.17, 15) is 9.18 Å². The van der Waals surface area contributed by atoms with E-state index in [2.05, 4.69) is 32.3 Å². The third-order valence-electron chi connectivity index (χ3n) is 5.54. The lowest BCUT2D eigenvalue weighted by Crippen LogP contribution is -2.19. The molecule has 1 saturated heterocycles. The van der Waals surface area contributed by atoms with Crippen molar-refractivity contribution < 1.29 is 9.18 Å². The topological polar surface area (TPSA) is 102 Å². The van der Waals surface area contributed by atoms with E-state index in [0.29, 0.717) is 11.7 Å². The van der Waals surface area contributed by atoms with Crippen molar-refractivity contribution >= 4 is 22.8 Å². The van der Waals surface area contributed by atoms with Crippen molar-refractivity contribution in [2.45, 2.75) is 19.3 Å². The molecule has 33 heavy (non-hydrogen) atoms. The predicted octanol–water partition coefficient (Wildman–Crippen LogP) is 3.86. The van der Waals surface area contributed by atoms with Gasteiger partial charge in [-0.25, -0.2) is 18.9 Å². The number of amides is 2. The van der Waals surface area contributed by atoms with Gasteiger partial charge in [0.15, 0.2) is 0 Å². The summed E-state index contributed by atoms with van der Waals surface area (Å²) >= 11 is 0. The molecule has 2 amide bonds. The van der Waals surface area contributed by atoms with Crippen molar-refractivity contribution in [2.24, 2.45) is 5.73 Å². The number of fused-ring (bicyclic) bond motifs is 1. The number of hydrogen-bond acceptors (Lipinski definition) is 5. The maximum atomic E-state index is 12.9. The first-order chi connectivity index (χ1) is 15.9. The second-order valence-electron chi connectivity index (χ2n) is 8.13. The molecule has 0 saturated carbocycles. The number of halogens is 1. The molecule has 0 radical (unpaired) electrons. The van der Waals surface area contributed by atoms with Crippen LogP contribution in [0, 0.1) is 12.7 Å². The molecule has 8 nitrogen and oxygen atoms in total. The summed E-state index contributed by atoms with van der Waals surface area (Å²) in [6, 6.07) is 11.9. The maximum Gasteiger partial charge on any atom is 0.317 e. The number of likely N-dealkylation sites (N-methyl/N-ethyl adjacent to an activating group) is 1. The molecule has 1 unspecified atom stereocenters. The zero-order chi connectivity index (χ0) is 23.4. The minimum absolute atomic E-state index is 0.118. The van der Waals surface area contributed by atoms with Gasteiger partial charge < -0.3 is 10.6 Å². The molecule has 4 aromatic rings. The Morgan fingerprint density at radius 2 is 2.03 bits per heavy atom. The molecule has 1 atom stereocenters. The predicted molar refractivity (Wildman–Crippen MR) is 126 cm³/mol. The normalized spacial score (nSPS) is 15.8. The number of anilines is 1. The number of carbonyl (C=O) groups is 1. The average Bonchev–Trinajstić information content (AvgIpc) is 3.40. The monoisotopic (exact) mass is 447 g/mol. The van der Waals surface area contributed by atoms with Gasteiger partial charge in [-0.3, -0.25) is 10.3 Å². The van der Waals surface area contributed by atoms with E-state index >= 15 is 0 Å². The molecular formula is C24H26FN7O. The molecule has 170 valence electrons. The fraction of sp³-hybridized carbons (Fsp3) is 0.250. The van der Waals surface area contributed by atoms with E-state index in [-0.39, 0.29) is 5.82 Å². The molecule has 0 aliphatic carbocycles. The lowest BCUT2D eigenvalue weighted by Gasteiger charge is -2.10. The Morgan fingerprint density at radius 3 is 2.73 bits per heavy atom. The van der Waals surface area contributed by atoms with Gasteiger partial charge >= 0.3 is 6.03 Å². The number of rotatable bonds is 3. The van der Waals surface area contributed by atoms with E-state index in [1.54, 1.807) is 41.5 Å². The van der Waals surface area contributed by atoms with Gasteiger partial charge in [-0.05, 0) is 68.8 Å². The van der Waals surface area contributed by atoms with Crippen LogP contribution < -0.4 is 11.1 Å². The molecule has 4 heterocycles. The zero-order valence-electron chi connectivity index (χ0n) is 18.6. The number of primary amides is 1. The number of aryl methyl sites for hydroxylation is 1. The highest BCUT2D eigenvalue weighted by molar-refractivity contribution is 5.90. The maximum absolute atomic E-state index is 12.9. The number of hydrogen-bond donors (Lipinski definition) is 2. The van der Waals surface area contributed by atoms with E-state index < -0.39 is 6.03 Å². The molecule has 0 bridgehead atoms. The smallest absolute Gasteiger partial charge is 0.317 e. The molecule has 1 fully saturated rings. The molecule has 9 heteroatoms. The summed E-state index contributed by atoms with van der Waals surface area (Å²) in [5.74, 6) is 0.809. The Labute approximate surface area is 191 Å². The number of nitrogens with zero attached hydrogens (tertiary/aromatic N) is 5. The van der Waals surface area contributed by atoms with Gasteiger partial charge in [0, 0.05) is 23.8 Å². The Hall–Kier alpha value is -3.85. The Morgan fingerprint density at radius 1 is 1.18 bits per heavy atom. The zero-order valence-corrected chi connectivity index (χ0v) is 18.6. The molecule has 3 N–H and O–H groups in total. The number of carbonyl (C=O) groups excluding carboxylic acids is 1.